The second-order valence-electron chi connectivity index (χ2n) is 8.01. The van der Waals surface area contributed by atoms with Crippen molar-refractivity contribution in [3.05, 3.63) is 47.8 Å². The Kier molecular flexibility index (Phi) is 11.0. The van der Waals surface area contributed by atoms with Crippen molar-refractivity contribution in [1.29, 1.82) is 5.41 Å². The largest absolute Gasteiger partial charge is 0.496 e. The number of nitrogen functional groups attached to an aromatic ring is 1. The van der Waals surface area contributed by atoms with Crippen molar-refractivity contribution in [2.75, 3.05) is 18.2 Å². The Morgan fingerprint density at radius 2 is 2.03 bits per heavy atom. The van der Waals surface area contributed by atoms with Crippen LogP contribution in [0.15, 0.2) is 36.7 Å². The highest BCUT2D eigenvalue weighted by atomic mass is 16.5. The molecule has 184 valence electrons. The Hall–Kier alpha value is -3.42. The number of hydrogen-bond acceptors (Lipinski definition) is 6. The van der Waals surface area contributed by atoms with Crippen LogP contribution in [0.2, 0.25) is 0 Å². The van der Waals surface area contributed by atoms with Crippen molar-refractivity contribution in [1.82, 2.24) is 14.6 Å². The van der Waals surface area contributed by atoms with Gasteiger partial charge in [-0.05, 0) is 24.1 Å². The fourth-order valence-corrected chi connectivity index (χ4v) is 4.07. The molecule has 1 aliphatic rings. The van der Waals surface area contributed by atoms with Crippen LogP contribution in [0.25, 0.3) is 5.65 Å². The Bertz CT molecular complexity index is 1050. The third-order valence-corrected chi connectivity index (χ3v) is 5.75. The third kappa shape index (κ3) is 7.04. The zero-order valence-electron chi connectivity index (χ0n) is 20.8. The van der Waals surface area contributed by atoms with Gasteiger partial charge in [-0.1, -0.05) is 65.7 Å². The molecular formula is C26H38N6O2. The van der Waals surface area contributed by atoms with Crippen molar-refractivity contribution in [3.8, 4) is 5.75 Å². The maximum Gasteiger partial charge on any atom is 0.260 e. The molecule has 0 aliphatic heterocycles. The predicted molar refractivity (Wildman–Crippen MR) is 139 cm³/mol. The molecule has 0 bridgehead atoms. The zero-order valence-corrected chi connectivity index (χ0v) is 20.8. The number of amides is 1. The summed E-state index contributed by atoms with van der Waals surface area (Å²) >= 11 is 0. The number of anilines is 2. The summed E-state index contributed by atoms with van der Waals surface area (Å²) in [7, 11) is 1.45. The van der Waals surface area contributed by atoms with E-state index < -0.39 is 5.91 Å². The molecule has 8 nitrogen and oxygen atoms in total. The second-order valence-corrected chi connectivity index (χ2v) is 8.01. The van der Waals surface area contributed by atoms with Gasteiger partial charge in [0.2, 0.25) is 0 Å². The quantitative estimate of drug-likeness (QED) is 0.306. The van der Waals surface area contributed by atoms with Crippen LogP contribution >= 0.6 is 0 Å². The summed E-state index contributed by atoms with van der Waals surface area (Å²) in [6.07, 6.45) is 14.6. The van der Waals surface area contributed by atoms with Gasteiger partial charge in [0, 0.05) is 29.7 Å². The number of carbonyl (C=O) groups excluding carboxylic acids is 1. The average Bonchev–Trinajstić information content (AvgIpc) is 3.29. The van der Waals surface area contributed by atoms with Gasteiger partial charge in [-0.3, -0.25) is 4.79 Å². The molecule has 0 radical (unpaired) electrons. The summed E-state index contributed by atoms with van der Waals surface area (Å²) in [6.45, 7) is 6.30. The number of rotatable bonds is 6. The van der Waals surface area contributed by atoms with Gasteiger partial charge in [-0.15, -0.1) is 0 Å². The first-order valence-corrected chi connectivity index (χ1v) is 12.2. The summed E-state index contributed by atoms with van der Waals surface area (Å²) in [6, 6.07) is 6.56. The van der Waals surface area contributed by atoms with Crippen LogP contribution in [0.4, 0.5) is 11.5 Å². The van der Waals surface area contributed by atoms with E-state index in [1.165, 1.54) is 74.9 Å². The van der Waals surface area contributed by atoms with Gasteiger partial charge < -0.3 is 21.2 Å². The van der Waals surface area contributed by atoms with Crippen LogP contribution < -0.4 is 15.8 Å². The van der Waals surface area contributed by atoms with Crippen molar-refractivity contribution in [2.45, 2.75) is 65.7 Å². The van der Waals surface area contributed by atoms with Crippen LogP contribution in [0.3, 0.4) is 0 Å². The maximum atomic E-state index is 12.5. The van der Waals surface area contributed by atoms with Gasteiger partial charge >= 0.3 is 0 Å². The number of nitrogens with two attached hydrogens (primary N) is 1. The van der Waals surface area contributed by atoms with Gasteiger partial charge in [-0.25, -0.2) is 4.98 Å². The van der Waals surface area contributed by atoms with Crippen molar-refractivity contribution in [2.24, 2.45) is 5.92 Å². The number of hydrogen-bond donors (Lipinski definition) is 3. The fraction of sp³-hybridized carbons (Fsp3) is 0.462. The summed E-state index contributed by atoms with van der Waals surface area (Å²) in [4.78, 5) is 16.7. The third-order valence-electron chi connectivity index (χ3n) is 5.75. The van der Waals surface area contributed by atoms with E-state index in [0.717, 1.165) is 12.1 Å². The fourth-order valence-electron chi connectivity index (χ4n) is 4.07. The number of methoxy groups -OCH3 is 1. The van der Waals surface area contributed by atoms with E-state index >= 15 is 0 Å². The van der Waals surface area contributed by atoms with E-state index in [2.05, 4.69) is 22.3 Å². The first-order valence-electron chi connectivity index (χ1n) is 12.2. The lowest BCUT2D eigenvalue weighted by molar-refractivity contribution is 0.102. The predicted octanol–water partition coefficient (Wildman–Crippen LogP) is 5.96. The van der Waals surface area contributed by atoms with E-state index in [9.17, 15) is 4.79 Å². The molecule has 2 heterocycles. The molecule has 1 saturated carbocycles. The monoisotopic (exact) mass is 466 g/mol. The molecular weight excluding hydrogens is 428 g/mol. The SMILES string of the molecule is CC.CCCC1CCCCC1.COc1cc(N)c(C=N)cc1C(=O)Nc1cnc2cccnn12. The molecule has 4 N–H and O–H groups in total. The Morgan fingerprint density at radius 3 is 2.68 bits per heavy atom. The number of imidazole rings is 1. The van der Waals surface area contributed by atoms with E-state index in [0.29, 0.717) is 28.5 Å². The number of nitrogens with one attached hydrogen (secondary N) is 2. The minimum absolute atomic E-state index is 0.270. The number of ether oxygens (including phenoxy) is 1. The van der Waals surface area contributed by atoms with Gasteiger partial charge in [0.25, 0.3) is 5.91 Å². The standard InChI is InChI=1S/C15H14N6O2.C9H18.C2H6/c1-23-12-6-11(17)9(7-16)5-10(12)15(22)20-14-8-18-13-3-2-4-19-21(13)14;1-2-6-9-7-4-3-5-8-9;1-2/h2-8,16H,17H2,1H3,(H,20,22);9H,2-8H2,1H3;1-2H3. The molecule has 0 saturated heterocycles. The molecule has 1 aliphatic carbocycles. The topological polar surface area (TPSA) is 118 Å². The van der Waals surface area contributed by atoms with Gasteiger partial charge in [-0.2, -0.15) is 9.61 Å². The molecule has 34 heavy (non-hydrogen) atoms. The summed E-state index contributed by atoms with van der Waals surface area (Å²) < 4.78 is 6.71. The Labute approximate surface area is 202 Å². The molecule has 0 unspecified atom stereocenters. The molecule has 0 spiro atoms. The van der Waals surface area contributed by atoms with Crippen molar-refractivity contribution >= 4 is 29.3 Å². The number of fused-ring (bicyclic) bond motifs is 1. The van der Waals surface area contributed by atoms with Gasteiger partial charge in [0.05, 0.1) is 18.9 Å². The Morgan fingerprint density at radius 1 is 1.29 bits per heavy atom. The molecule has 4 rings (SSSR count). The molecule has 1 fully saturated rings. The minimum Gasteiger partial charge on any atom is -0.496 e. The van der Waals surface area contributed by atoms with Crippen molar-refractivity contribution in [3.63, 3.8) is 0 Å². The number of benzene rings is 1. The normalized spacial score (nSPS) is 13.2. The highest BCUT2D eigenvalue weighted by Crippen LogP contribution is 2.27. The lowest BCUT2D eigenvalue weighted by Crippen LogP contribution is -2.16. The number of nitrogens with zero attached hydrogens (tertiary/aromatic N) is 3. The van der Waals surface area contributed by atoms with E-state index in [4.69, 9.17) is 15.9 Å². The highest BCUT2D eigenvalue weighted by Gasteiger charge is 2.17. The van der Waals surface area contributed by atoms with Crippen LogP contribution in [-0.2, 0) is 0 Å². The smallest absolute Gasteiger partial charge is 0.260 e. The molecule has 0 atom stereocenters. The summed E-state index contributed by atoms with van der Waals surface area (Å²) in [5, 5.41) is 14.2. The zero-order chi connectivity index (χ0) is 24.9. The summed E-state index contributed by atoms with van der Waals surface area (Å²) in [5.74, 6) is 1.45. The Balaban J connectivity index is 0.000000311. The summed E-state index contributed by atoms with van der Waals surface area (Å²) in [5.41, 5.74) is 7.49. The number of aromatic nitrogens is 3. The van der Waals surface area contributed by atoms with E-state index in [-0.39, 0.29) is 5.56 Å². The molecule has 3 aromatic rings. The van der Waals surface area contributed by atoms with E-state index in [1.54, 1.807) is 18.3 Å². The first kappa shape index (κ1) is 26.8. The molecule has 1 amide bonds. The highest BCUT2D eigenvalue weighted by molar-refractivity contribution is 6.07. The second kappa shape index (κ2) is 14.0. The lowest BCUT2D eigenvalue weighted by Gasteiger charge is -2.20. The molecule has 1 aromatic carbocycles. The molecule has 8 heteroatoms. The van der Waals surface area contributed by atoms with Crippen molar-refractivity contribution < 1.29 is 9.53 Å². The average molecular weight is 467 g/mol. The maximum absolute atomic E-state index is 12.5. The van der Waals surface area contributed by atoms with Gasteiger partial charge in [0.15, 0.2) is 11.5 Å². The lowest BCUT2D eigenvalue weighted by atomic mass is 9.86. The number of carbonyl (C=O) groups is 1. The minimum atomic E-state index is -0.405. The van der Waals surface area contributed by atoms with E-state index in [1.807, 2.05) is 13.8 Å². The molecule has 2 aromatic heterocycles. The van der Waals surface area contributed by atoms with Crippen LogP contribution in [-0.4, -0.2) is 33.8 Å². The van der Waals surface area contributed by atoms with Crippen LogP contribution in [0.5, 0.6) is 5.75 Å². The first-order chi connectivity index (χ1) is 16.6. The van der Waals surface area contributed by atoms with Crippen LogP contribution in [0, 0.1) is 11.3 Å². The van der Waals surface area contributed by atoms with Crippen LogP contribution in [0.1, 0.15) is 81.6 Å². The van der Waals surface area contributed by atoms with Gasteiger partial charge in [0.1, 0.15) is 5.75 Å².